The fourth-order valence-electron chi connectivity index (χ4n) is 5.35. The van der Waals surface area contributed by atoms with Crippen LogP contribution in [-0.4, -0.2) is 0 Å². The van der Waals surface area contributed by atoms with E-state index in [0.717, 1.165) is 6.42 Å². The zero-order valence-corrected chi connectivity index (χ0v) is 15.9. The summed E-state index contributed by atoms with van der Waals surface area (Å²) in [7, 11) is 0. The van der Waals surface area contributed by atoms with Crippen LogP contribution in [0.15, 0.2) is 97.1 Å². The van der Waals surface area contributed by atoms with Gasteiger partial charge in [0.15, 0.2) is 0 Å². The van der Waals surface area contributed by atoms with Crippen molar-refractivity contribution in [3.05, 3.63) is 108 Å². The predicted molar refractivity (Wildman–Crippen MR) is 125 cm³/mol. The Morgan fingerprint density at radius 2 is 0.793 bits per heavy atom. The zero-order chi connectivity index (χ0) is 18.9. The second kappa shape index (κ2) is 5.46. The summed E-state index contributed by atoms with van der Waals surface area (Å²) in [6.45, 7) is 0. The lowest BCUT2D eigenvalue weighted by Crippen LogP contribution is -1.87. The maximum Gasteiger partial charge on any atom is -0.00130 e. The number of rotatable bonds is 0. The molecule has 0 radical (unpaired) electrons. The molecule has 6 aromatic carbocycles. The van der Waals surface area contributed by atoms with Gasteiger partial charge < -0.3 is 0 Å². The zero-order valence-electron chi connectivity index (χ0n) is 15.9. The van der Waals surface area contributed by atoms with Crippen LogP contribution in [0.25, 0.3) is 54.2 Å². The van der Waals surface area contributed by atoms with Crippen LogP contribution in [-0.2, 0) is 6.42 Å². The molecule has 0 saturated carbocycles. The van der Waals surface area contributed by atoms with Gasteiger partial charge in [0.1, 0.15) is 0 Å². The van der Waals surface area contributed by atoms with Crippen molar-refractivity contribution in [2.45, 2.75) is 6.42 Å². The average molecular weight is 366 g/mol. The number of fused-ring (bicyclic) bond motifs is 11. The van der Waals surface area contributed by atoms with Crippen molar-refractivity contribution < 1.29 is 0 Å². The SMILES string of the molecule is c1ccc2c(c1)ccc1ccc3c(c12)-c1c(ccc2ccc4ccccc4c12)C3. The molecule has 7 rings (SSSR count). The quantitative estimate of drug-likeness (QED) is 0.240. The minimum Gasteiger partial charge on any atom is -0.0616 e. The Morgan fingerprint density at radius 1 is 0.379 bits per heavy atom. The summed E-state index contributed by atoms with van der Waals surface area (Å²) in [5.41, 5.74) is 5.78. The van der Waals surface area contributed by atoms with Gasteiger partial charge in [0.2, 0.25) is 0 Å². The Labute approximate surface area is 169 Å². The predicted octanol–water partition coefficient (Wildman–Crippen LogP) is 7.87. The van der Waals surface area contributed by atoms with Gasteiger partial charge in [-0.15, -0.1) is 0 Å². The first-order valence-corrected chi connectivity index (χ1v) is 10.3. The van der Waals surface area contributed by atoms with Gasteiger partial charge in [0.05, 0.1) is 0 Å². The molecule has 29 heavy (non-hydrogen) atoms. The Morgan fingerprint density at radius 3 is 1.31 bits per heavy atom. The van der Waals surface area contributed by atoms with E-state index in [9.17, 15) is 0 Å². The first-order valence-electron chi connectivity index (χ1n) is 10.3. The molecule has 0 heteroatoms. The topological polar surface area (TPSA) is 0 Å². The Bertz CT molecular complexity index is 1500. The van der Waals surface area contributed by atoms with E-state index >= 15 is 0 Å². The summed E-state index contributed by atoms with van der Waals surface area (Å²) in [4.78, 5) is 0. The lowest BCUT2D eigenvalue weighted by Gasteiger charge is -2.14. The largest absolute Gasteiger partial charge is 0.0616 e. The van der Waals surface area contributed by atoms with E-state index in [1.165, 1.54) is 65.3 Å². The van der Waals surface area contributed by atoms with Crippen LogP contribution < -0.4 is 0 Å². The second-order valence-electron chi connectivity index (χ2n) is 8.15. The van der Waals surface area contributed by atoms with E-state index in [1.807, 2.05) is 0 Å². The van der Waals surface area contributed by atoms with Crippen molar-refractivity contribution in [2.75, 3.05) is 0 Å². The van der Waals surface area contributed by atoms with E-state index in [1.54, 1.807) is 0 Å². The fraction of sp³-hybridized carbons (Fsp3) is 0.0345. The second-order valence-corrected chi connectivity index (χ2v) is 8.15. The number of hydrogen-bond acceptors (Lipinski definition) is 0. The smallest absolute Gasteiger partial charge is 0.00130 e. The Hall–Kier alpha value is -3.64. The molecule has 0 aromatic heterocycles. The molecule has 0 unspecified atom stereocenters. The molecule has 1 aliphatic carbocycles. The lowest BCUT2D eigenvalue weighted by atomic mass is 9.89. The van der Waals surface area contributed by atoms with Crippen LogP contribution in [0.1, 0.15) is 11.1 Å². The summed E-state index contributed by atoms with van der Waals surface area (Å²) in [6, 6.07) is 35.9. The van der Waals surface area contributed by atoms with Crippen LogP contribution >= 0.6 is 0 Å². The first kappa shape index (κ1) is 15.3. The minimum atomic E-state index is 1.02. The molecular formula is C29H18. The maximum atomic E-state index is 2.34. The molecule has 0 atom stereocenters. The van der Waals surface area contributed by atoms with Crippen molar-refractivity contribution in [3.63, 3.8) is 0 Å². The van der Waals surface area contributed by atoms with Gasteiger partial charge in [-0.2, -0.15) is 0 Å². The third-order valence-electron chi connectivity index (χ3n) is 6.62. The molecule has 0 bridgehead atoms. The molecule has 134 valence electrons. The van der Waals surface area contributed by atoms with Crippen molar-refractivity contribution in [1.82, 2.24) is 0 Å². The van der Waals surface area contributed by atoms with Crippen LogP contribution in [0.3, 0.4) is 0 Å². The van der Waals surface area contributed by atoms with E-state index in [-0.39, 0.29) is 0 Å². The molecule has 0 fully saturated rings. The standard InChI is InChI=1S/C29H18/c1-3-7-24-18(5-1)9-11-20-13-15-22-17-23-16-14-21-12-10-19-6-2-4-8-25(19)27(21)29(23)28(22)26(20)24/h1-16H,17H2. The third kappa shape index (κ3) is 1.98. The van der Waals surface area contributed by atoms with Crippen LogP contribution in [0, 0.1) is 0 Å². The molecule has 0 nitrogen and oxygen atoms in total. The van der Waals surface area contributed by atoms with Gasteiger partial charge in [0.25, 0.3) is 0 Å². The number of hydrogen-bond donors (Lipinski definition) is 0. The van der Waals surface area contributed by atoms with Gasteiger partial charge in [-0.05, 0) is 71.8 Å². The molecular weight excluding hydrogens is 348 g/mol. The van der Waals surface area contributed by atoms with E-state index in [4.69, 9.17) is 0 Å². The Kier molecular flexibility index (Phi) is 2.88. The van der Waals surface area contributed by atoms with Crippen molar-refractivity contribution >= 4 is 43.1 Å². The van der Waals surface area contributed by atoms with Gasteiger partial charge in [-0.1, -0.05) is 97.1 Å². The number of benzene rings is 6. The van der Waals surface area contributed by atoms with Crippen LogP contribution in [0.5, 0.6) is 0 Å². The monoisotopic (exact) mass is 366 g/mol. The maximum absolute atomic E-state index is 2.34. The Balaban J connectivity index is 1.76. The van der Waals surface area contributed by atoms with Crippen molar-refractivity contribution in [3.8, 4) is 11.1 Å². The molecule has 0 heterocycles. The molecule has 6 aromatic rings. The summed E-state index contributed by atoms with van der Waals surface area (Å²) in [5.74, 6) is 0. The summed E-state index contributed by atoms with van der Waals surface area (Å²) in [5, 5.41) is 10.8. The van der Waals surface area contributed by atoms with Crippen molar-refractivity contribution in [2.24, 2.45) is 0 Å². The van der Waals surface area contributed by atoms with E-state index < -0.39 is 0 Å². The lowest BCUT2D eigenvalue weighted by molar-refractivity contribution is 1.27. The summed E-state index contributed by atoms with van der Waals surface area (Å²) >= 11 is 0. The van der Waals surface area contributed by atoms with Gasteiger partial charge >= 0.3 is 0 Å². The minimum absolute atomic E-state index is 1.02. The third-order valence-corrected chi connectivity index (χ3v) is 6.62. The van der Waals surface area contributed by atoms with E-state index in [2.05, 4.69) is 97.1 Å². The summed E-state index contributed by atoms with van der Waals surface area (Å²) < 4.78 is 0. The summed E-state index contributed by atoms with van der Waals surface area (Å²) in [6.07, 6.45) is 1.02. The highest BCUT2D eigenvalue weighted by molar-refractivity contribution is 6.23. The van der Waals surface area contributed by atoms with Gasteiger partial charge in [0, 0.05) is 0 Å². The molecule has 1 aliphatic rings. The van der Waals surface area contributed by atoms with Crippen LogP contribution in [0.4, 0.5) is 0 Å². The molecule has 0 aliphatic heterocycles. The molecule has 0 amide bonds. The molecule has 0 spiro atoms. The fourth-order valence-corrected chi connectivity index (χ4v) is 5.35. The molecule has 0 N–H and O–H groups in total. The van der Waals surface area contributed by atoms with Gasteiger partial charge in [-0.3, -0.25) is 0 Å². The highest BCUT2D eigenvalue weighted by atomic mass is 14.3. The molecule has 0 saturated heterocycles. The highest BCUT2D eigenvalue weighted by Gasteiger charge is 2.24. The van der Waals surface area contributed by atoms with Crippen molar-refractivity contribution in [1.29, 1.82) is 0 Å². The average Bonchev–Trinajstić information content (AvgIpc) is 3.17. The normalized spacial score (nSPS) is 12.7. The first-order chi connectivity index (χ1) is 14.4. The van der Waals surface area contributed by atoms with E-state index in [0.29, 0.717) is 0 Å². The van der Waals surface area contributed by atoms with Crippen LogP contribution in [0.2, 0.25) is 0 Å². The van der Waals surface area contributed by atoms with Gasteiger partial charge in [-0.25, -0.2) is 0 Å². The highest BCUT2D eigenvalue weighted by Crippen LogP contribution is 2.48.